The third kappa shape index (κ3) is 3.35. The summed E-state index contributed by atoms with van der Waals surface area (Å²) in [5.41, 5.74) is 1.70. The fraction of sp³-hybridized carbons (Fsp3) is 0.0769. The molecule has 98 valence electrons. The molecule has 0 fully saturated rings. The minimum Gasteiger partial charge on any atom is -0.508 e. The zero-order valence-corrected chi connectivity index (χ0v) is 10.9. The van der Waals surface area contributed by atoms with E-state index >= 15 is 0 Å². The molecule has 3 N–H and O–H groups in total. The number of amides is 2. The van der Waals surface area contributed by atoms with Crippen molar-refractivity contribution in [1.29, 1.82) is 0 Å². The lowest BCUT2D eigenvalue weighted by atomic mass is 10.3. The molecule has 1 aromatic heterocycles. The third-order valence-electron chi connectivity index (χ3n) is 2.44. The zero-order valence-electron chi connectivity index (χ0n) is 10.1. The zero-order chi connectivity index (χ0) is 13.8. The van der Waals surface area contributed by atoms with Gasteiger partial charge in [-0.15, -0.1) is 0 Å². The molecule has 1 heterocycles. The normalized spacial score (nSPS) is 10.0. The summed E-state index contributed by atoms with van der Waals surface area (Å²) in [5.74, 6) is 0.138. The minimum atomic E-state index is -0.418. The van der Waals surface area contributed by atoms with Gasteiger partial charge in [0, 0.05) is 11.9 Å². The summed E-state index contributed by atoms with van der Waals surface area (Å²) in [6.45, 7) is 1.76. The largest absolute Gasteiger partial charge is 0.508 e. The maximum atomic E-state index is 11.8. The second-order valence-electron chi connectivity index (χ2n) is 3.88. The number of nitrogens with one attached hydrogen (secondary N) is 2. The summed E-state index contributed by atoms with van der Waals surface area (Å²) < 4.78 is 0. The number of aromatic hydroxyl groups is 1. The highest BCUT2D eigenvalue weighted by atomic mass is 35.5. The van der Waals surface area contributed by atoms with Crippen molar-refractivity contribution in [2.75, 3.05) is 10.6 Å². The van der Waals surface area contributed by atoms with E-state index in [4.69, 9.17) is 16.7 Å². The van der Waals surface area contributed by atoms with Crippen LogP contribution in [0.1, 0.15) is 5.69 Å². The van der Waals surface area contributed by atoms with Crippen LogP contribution in [0.25, 0.3) is 0 Å². The van der Waals surface area contributed by atoms with E-state index in [0.29, 0.717) is 22.1 Å². The first-order chi connectivity index (χ1) is 9.06. The monoisotopic (exact) mass is 277 g/mol. The van der Waals surface area contributed by atoms with Crippen molar-refractivity contribution < 1.29 is 9.90 Å². The van der Waals surface area contributed by atoms with Gasteiger partial charge in [0.2, 0.25) is 0 Å². The third-order valence-corrected chi connectivity index (χ3v) is 2.91. The molecule has 0 atom stereocenters. The van der Waals surface area contributed by atoms with Crippen LogP contribution in [0.4, 0.5) is 16.2 Å². The van der Waals surface area contributed by atoms with Crippen molar-refractivity contribution in [2.24, 2.45) is 0 Å². The van der Waals surface area contributed by atoms with Crippen molar-refractivity contribution in [3.05, 3.63) is 47.2 Å². The molecule has 0 aliphatic heterocycles. The molecule has 0 aliphatic rings. The maximum absolute atomic E-state index is 11.8. The number of halogens is 1. The molecule has 1 aromatic carbocycles. The number of aryl methyl sites for hydroxylation is 1. The Balaban J connectivity index is 2.05. The number of pyridine rings is 1. The quantitative estimate of drug-likeness (QED) is 0.737. The number of nitrogens with zero attached hydrogens (tertiary/aromatic N) is 1. The molecule has 0 saturated heterocycles. The van der Waals surface area contributed by atoms with Crippen LogP contribution >= 0.6 is 11.6 Å². The second-order valence-corrected chi connectivity index (χ2v) is 4.26. The van der Waals surface area contributed by atoms with Gasteiger partial charge in [0.25, 0.3) is 0 Å². The Hall–Kier alpha value is -2.27. The Morgan fingerprint density at radius 3 is 2.58 bits per heavy atom. The standard InChI is InChI=1S/C13H12ClN3O2/c1-8-12(14)11(6-7-15-8)17-13(19)16-9-2-4-10(18)5-3-9/h2-7,18H,1H3,(H2,15,16,17,19). The average Bonchev–Trinajstić information content (AvgIpc) is 2.38. The lowest BCUT2D eigenvalue weighted by Crippen LogP contribution is -2.19. The molecule has 2 amide bonds. The molecule has 2 rings (SSSR count). The summed E-state index contributed by atoms with van der Waals surface area (Å²) in [6, 6.07) is 7.35. The first-order valence-corrected chi connectivity index (χ1v) is 5.92. The van der Waals surface area contributed by atoms with Gasteiger partial charge in [0.15, 0.2) is 0 Å². The van der Waals surface area contributed by atoms with Gasteiger partial charge in [-0.1, -0.05) is 11.6 Å². The molecule has 0 radical (unpaired) electrons. The van der Waals surface area contributed by atoms with Crippen LogP contribution < -0.4 is 10.6 Å². The predicted molar refractivity (Wildman–Crippen MR) is 74.7 cm³/mol. The molecular weight excluding hydrogens is 266 g/mol. The van der Waals surface area contributed by atoms with E-state index in [1.54, 1.807) is 31.3 Å². The molecular formula is C13H12ClN3O2. The summed E-state index contributed by atoms with van der Waals surface area (Å²) in [4.78, 5) is 15.8. The first kappa shape index (κ1) is 13.2. The Morgan fingerprint density at radius 1 is 1.21 bits per heavy atom. The lowest BCUT2D eigenvalue weighted by molar-refractivity contribution is 0.262. The number of phenols is 1. The number of hydrogen-bond acceptors (Lipinski definition) is 3. The number of urea groups is 1. The Kier molecular flexibility index (Phi) is 3.87. The van der Waals surface area contributed by atoms with E-state index < -0.39 is 6.03 Å². The molecule has 0 unspecified atom stereocenters. The summed E-state index contributed by atoms with van der Waals surface area (Å²) in [7, 11) is 0. The molecule has 19 heavy (non-hydrogen) atoms. The summed E-state index contributed by atoms with van der Waals surface area (Å²) >= 11 is 6.02. The molecule has 5 nitrogen and oxygen atoms in total. The number of carbonyl (C=O) groups is 1. The van der Waals surface area contributed by atoms with Crippen LogP contribution in [0.3, 0.4) is 0 Å². The fourth-order valence-electron chi connectivity index (χ4n) is 1.47. The Bertz CT molecular complexity index is 599. The van der Waals surface area contributed by atoms with Crippen LogP contribution in [0.15, 0.2) is 36.5 Å². The van der Waals surface area contributed by atoms with Gasteiger partial charge in [-0.05, 0) is 37.3 Å². The number of benzene rings is 1. The number of carbonyl (C=O) groups excluding carboxylic acids is 1. The number of anilines is 2. The van der Waals surface area contributed by atoms with E-state index in [2.05, 4.69) is 15.6 Å². The lowest BCUT2D eigenvalue weighted by Gasteiger charge is -2.09. The van der Waals surface area contributed by atoms with Crippen molar-refractivity contribution in [3.63, 3.8) is 0 Å². The van der Waals surface area contributed by atoms with Crippen molar-refractivity contribution in [2.45, 2.75) is 6.92 Å². The second kappa shape index (κ2) is 5.58. The molecule has 2 aromatic rings. The SMILES string of the molecule is Cc1nccc(NC(=O)Nc2ccc(O)cc2)c1Cl. The maximum Gasteiger partial charge on any atom is 0.323 e. The van der Waals surface area contributed by atoms with E-state index in [1.165, 1.54) is 12.1 Å². The molecule has 0 spiro atoms. The summed E-state index contributed by atoms with van der Waals surface area (Å²) in [6.07, 6.45) is 1.57. The molecule has 0 aliphatic carbocycles. The first-order valence-electron chi connectivity index (χ1n) is 5.54. The van der Waals surface area contributed by atoms with Gasteiger partial charge in [-0.2, -0.15) is 0 Å². The molecule has 0 bridgehead atoms. The van der Waals surface area contributed by atoms with Gasteiger partial charge in [0.1, 0.15) is 5.75 Å². The smallest absolute Gasteiger partial charge is 0.323 e. The Labute approximate surface area is 115 Å². The van der Waals surface area contributed by atoms with Gasteiger partial charge < -0.3 is 15.7 Å². The topological polar surface area (TPSA) is 74.2 Å². The van der Waals surface area contributed by atoms with E-state index in [1.807, 2.05) is 0 Å². The average molecular weight is 278 g/mol. The van der Waals surface area contributed by atoms with Crippen molar-refractivity contribution in [1.82, 2.24) is 4.98 Å². The number of hydrogen-bond donors (Lipinski definition) is 3. The fourth-order valence-corrected chi connectivity index (χ4v) is 1.63. The van der Waals surface area contributed by atoms with E-state index in [0.717, 1.165) is 0 Å². The van der Waals surface area contributed by atoms with Crippen LogP contribution in [0.5, 0.6) is 5.75 Å². The van der Waals surface area contributed by atoms with E-state index in [9.17, 15) is 4.79 Å². The number of phenolic OH excluding ortho intramolecular Hbond substituents is 1. The Morgan fingerprint density at radius 2 is 1.89 bits per heavy atom. The van der Waals surface area contributed by atoms with Crippen molar-refractivity contribution >= 4 is 29.0 Å². The minimum absolute atomic E-state index is 0.138. The highest BCUT2D eigenvalue weighted by molar-refractivity contribution is 6.34. The molecule has 0 saturated carbocycles. The number of aromatic nitrogens is 1. The van der Waals surface area contributed by atoms with Crippen LogP contribution in [0, 0.1) is 6.92 Å². The van der Waals surface area contributed by atoms with Crippen LogP contribution in [-0.4, -0.2) is 16.1 Å². The van der Waals surface area contributed by atoms with Crippen LogP contribution in [0.2, 0.25) is 5.02 Å². The number of rotatable bonds is 2. The van der Waals surface area contributed by atoms with Gasteiger partial charge in [-0.25, -0.2) is 4.79 Å². The van der Waals surface area contributed by atoms with Gasteiger partial charge in [-0.3, -0.25) is 4.98 Å². The summed E-state index contributed by atoms with van der Waals surface area (Å²) in [5, 5.41) is 14.8. The molecule has 6 heteroatoms. The van der Waals surface area contributed by atoms with Crippen molar-refractivity contribution in [3.8, 4) is 5.75 Å². The highest BCUT2D eigenvalue weighted by Crippen LogP contribution is 2.23. The van der Waals surface area contributed by atoms with E-state index in [-0.39, 0.29) is 5.75 Å². The predicted octanol–water partition coefficient (Wildman–Crippen LogP) is 3.39. The van der Waals surface area contributed by atoms with Gasteiger partial charge in [0.05, 0.1) is 16.4 Å². The highest BCUT2D eigenvalue weighted by Gasteiger charge is 2.08. The van der Waals surface area contributed by atoms with Gasteiger partial charge >= 0.3 is 6.03 Å². The van der Waals surface area contributed by atoms with Crippen LogP contribution in [-0.2, 0) is 0 Å².